The first-order chi connectivity index (χ1) is 16.5. The molecule has 0 aliphatic heterocycles. The molecule has 4 heteroatoms. The molecule has 0 aromatic heterocycles. The minimum Gasteiger partial charge on any atom is -0.469 e. The van der Waals surface area contributed by atoms with Crippen LogP contribution in [-0.4, -0.2) is 24.0 Å². The number of Topliss-reactive ketones (excluding diaryl/α,β-unsaturated/α-hetero) is 1. The summed E-state index contributed by atoms with van der Waals surface area (Å²) in [7, 11) is 1.42. The average Bonchev–Trinajstić information content (AvgIpc) is 3.21. The molecule has 2 aromatic rings. The van der Waals surface area contributed by atoms with Crippen LogP contribution in [0.1, 0.15) is 75.0 Å². The number of carbonyl (C=O) groups excluding carboxylic acids is 2. The van der Waals surface area contributed by atoms with Gasteiger partial charge < -0.3 is 9.84 Å². The summed E-state index contributed by atoms with van der Waals surface area (Å²) >= 11 is 0. The molecule has 0 bridgehead atoms. The van der Waals surface area contributed by atoms with Gasteiger partial charge in [0.15, 0.2) is 0 Å². The first kappa shape index (κ1) is 25.9. The van der Waals surface area contributed by atoms with E-state index in [2.05, 4.69) is 42.0 Å². The molecule has 2 unspecified atom stereocenters. The van der Waals surface area contributed by atoms with Gasteiger partial charge in [-0.3, -0.25) is 9.59 Å². The number of methoxy groups -OCH3 is 1. The Labute approximate surface area is 204 Å². The second kappa shape index (κ2) is 13.2. The lowest BCUT2D eigenvalue weighted by atomic mass is 9.89. The zero-order chi connectivity index (χ0) is 24.3. The average molecular weight is 463 g/mol. The number of esters is 1. The monoisotopic (exact) mass is 462 g/mol. The maximum absolute atomic E-state index is 12.5. The number of rotatable bonds is 12. The number of aliphatic hydroxyl groups excluding tert-OH is 1. The van der Waals surface area contributed by atoms with Crippen molar-refractivity contribution in [3.8, 4) is 11.1 Å². The summed E-state index contributed by atoms with van der Waals surface area (Å²) < 4.78 is 4.67. The van der Waals surface area contributed by atoms with Crippen LogP contribution < -0.4 is 0 Å². The summed E-state index contributed by atoms with van der Waals surface area (Å²) in [4.78, 5) is 23.6. The molecule has 1 fully saturated rings. The van der Waals surface area contributed by atoms with Crippen molar-refractivity contribution in [1.82, 2.24) is 0 Å². The summed E-state index contributed by atoms with van der Waals surface area (Å²) in [6.45, 7) is 2.10. The van der Waals surface area contributed by atoms with E-state index in [0.717, 1.165) is 56.1 Å². The molecule has 0 heterocycles. The van der Waals surface area contributed by atoms with Crippen molar-refractivity contribution >= 4 is 11.8 Å². The summed E-state index contributed by atoms with van der Waals surface area (Å²) in [6.07, 6.45) is 11.2. The van der Waals surface area contributed by atoms with Gasteiger partial charge in [0.2, 0.25) is 0 Å². The molecule has 1 aliphatic rings. The Morgan fingerprint density at radius 1 is 1.09 bits per heavy atom. The summed E-state index contributed by atoms with van der Waals surface area (Å²) in [6, 6.07) is 16.3. The fourth-order valence-corrected chi connectivity index (χ4v) is 4.95. The van der Waals surface area contributed by atoms with E-state index in [0.29, 0.717) is 18.6 Å². The zero-order valence-corrected chi connectivity index (χ0v) is 20.5. The molecule has 0 saturated heterocycles. The highest BCUT2D eigenvalue weighted by Crippen LogP contribution is 2.35. The Morgan fingerprint density at radius 3 is 2.65 bits per heavy atom. The molecule has 3 rings (SSSR count). The minimum atomic E-state index is -0.685. The van der Waals surface area contributed by atoms with Crippen molar-refractivity contribution in [2.75, 3.05) is 7.11 Å². The van der Waals surface area contributed by atoms with Crippen LogP contribution >= 0.6 is 0 Å². The van der Waals surface area contributed by atoms with Crippen LogP contribution in [0.2, 0.25) is 0 Å². The topological polar surface area (TPSA) is 63.6 Å². The van der Waals surface area contributed by atoms with Gasteiger partial charge in [0.25, 0.3) is 0 Å². The van der Waals surface area contributed by atoms with Gasteiger partial charge in [-0.25, -0.2) is 0 Å². The number of aryl methyl sites for hydroxylation is 1. The number of ether oxygens (including phenoxy) is 1. The molecule has 4 nitrogen and oxygen atoms in total. The first-order valence-corrected chi connectivity index (χ1v) is 12.6. The van der Waals surface area contributed by atoms with Crippen LogP contribution in [0, 0.1) is 18.8 Å². The highest BCUT2D eigenvalue weighted by Gasteiger charge is 2.32. The maximum Gasteiger partial charge on any atom is 0.305 e. The van der Waals surface area contributed by atoms with Gasteiger partial charge >= 0.3 is 5.97 Å². The summed E-state index contributed by atoms with van der Waals surface area (Å²) in [5, 5.41) is 10.8. The van der Waals surface area contributed by atoms with Crippen molar-refractivity contribution in [2.45, 2.75) is 70.8 Å². The third kappa shape index (κ3) is 7.39. The van der Waals surface area contributed by atoms with E-state index >= 15 is 0 Å². The van der Waals surface area contributed by atoms with Gasteiger partial charge in [0, 0.05) is 18.8 Å². The Hall–Kier alpha value is -2.72. The quantitative estimate of drug-likeness (QED) is 0.215. The van der Waals surface area contributed by atoms with Crippen molar-refractivity contribution in [3.05, 3.63) is 71.8 Å². The Balaban J connectivity index is 1.51. The lowest BCUT2D eigenvalue weighted by Crippen LogP contribution is -2.13. The Morgan fingerprint density at radius 2 is 1.85 bits per heavy atom. The second-order valence-electron chi connectivity index (χ2n) is 9.43. The number of unbranched alkanes of at least 4 members (excludes halogenated alkanes) is 4. The molecular formula is C30H38O4. The number of carbonyl (C=O) groups is 2. The second-order valence-corrected chi connectivity index (χ2v) is 9.43. The number of allylic oxidation sites excluding steroid dienone is 1. The molecular weight excluding hydrogens is 424 g/mol. The molecule has 0 spiro atoms. The highest BCUT2D eigenvalue weighted by molar-refractivity contribution is 5.83. The Bertz CT molecular complexity index is 977. The van der Waals surface area contributed by atoms with Gasteiger partial charge in [-0.05, 0) is 60.4 Å². The summed E-state index contributed by atoms with van der Waals surface area (Å²) in [5.41, 5.74) is 4.35. The number of hydrogen-bond donors (Lipinski definition) is 1. The molecule has 1 N–H and O–H groups in total. The molecule has 3 atom stereocenters. The largest absolute Gasteiger partial charge is 0.469 e. The van der Waals surface area contributed by atoms with Crippen molar-refractivity contribution in [3.63, 3.8) is 0 Å². The predicted molar refractivity (Wildman–Crippen MR) is 136 cm³/mol. The smallest absolute Gasteiger partial charge is 0.305 e. The SMILES string of the molecule is COC(=O)CCCCCCCC1C(=O)CC[C@@H]1/C=C/C(O)c1cccc(-c2ccccc2C)c1. The Kier molecular flexibility index (Phi) is 10.1. The van der Waals surface area contributed by atoms with E-state index in [-0.39, 0.29) is 17.8 Å². The van der Waals surface area contributed by atoms with Crippen molar-refractivity contribution < 1.29 is 19.4 Å². The molecule has 2 aromatic carbocycles. The van der Waals surface area contributed by atoms with Gasteiger partial charge in [0.05, 0.1) is 13.2 Å². The lowest BCUT2D eigenvalue weighted by molar-refractivity contribution is -0.140. The predicted octanol–water partition coefficient (Wildman–Crippen LogP) is 6.75. The molecule has 1 saturated carbocycles. The van der Waals surface area contributed by atoms with Crippen LogP contribution in [0.25, 0.3) is 11.1 Å². The van der Waals surface area contributed by atoms with Crippen molar-refractivity contribution in [1.29, 1.82) is 0 Å². The standard InChI is InChI=1S/C30H38O4/c1-22-11-8-9-14-26(22)24-12-10-13-25(21-24)28(31)19-17-23-18-20-29(32)27(23)15-6-4-3-5-7-16-30(33)34-2/h8-14,17,19,21,23,27-28,31H,3-7,15-16,18,20H2,1-2H3/b19-17+/t23-,27?,28?/m0/s1. The lowest BCUT2D eigenvalue weighted by Gasteiger charge is -2.16. The van der Waals surface area contributed by atoms with E-state index in [1.807, 2.05) is 30.3 Å². The molecule has 182 valence electrons. The summed E-state index contributed by atoms with van der Waals surface area (Å²) in [5.74, 6) is 0.490. The number of aliphatic hydroxyl groups is 1. The van der Waals surface area contributed by atoms with Crippen LogP contribution in [-0.2, 0) is 14.3 Å². The van der Waals surface area contributed by atoms with Crippen LogP contribution in [0.4, 0.5) is 0 Å². The molecule has 0 radical (unpaired) electrons. The number of ketones is 1. The number of hydrogen-bond acceptors (Lipinski definition) is 4. The van der Waals surface area contributed by atoms with Gasteiger partial charge in [-0.1, -0.05) is 80.3 Å². The van der Waals surface area contributed by atoms with Crippen LogP contribution in [0.5, 0.6) is 0 Å². The van der Waals surface area contributed by atoms with E-state index in [1.165, 1.54) is 18.2 Å². The molecule has 34 heavy (non-hydrogen) atoms. The van der Waals surface area contributed by atoms with Crippen molar-refractivity contribution in [2.24, 2.45) is 11.8 Å². The van der Waals surface area contributed by atoms with Gasteiger partial charge in [-0.2, -0.15) is 0 Å². The third-order valence-corrected chi connectivity index (χ3v) is 7.00. The fourth-order valence-electron chi connectivity index (χ4n) is 4.95. The van der Waals surface area contributed by atoms with E-state index < -0.39 is 6.10 Å². The van der Waals surface area contributed by atoms with Crippen LogP contribution in [0.3, 0.4) is 0 Å². The third-order valence-electron chi connectivity index (χ3n) is 7.00. The van der Waals surface area contributed by atoms with E-state index in [4.69, 9.17) is 0 Å². The molecule has 1 aliphatic carbocycles. The van der Waals surface area contributed by atoms with Gasteiger partial charge in [-0.15, -0.1) is 0 Å². The highest BCUT2D eigenvalue weighted by atomic mass is 16.5. The normalized spacial score (nSPS) is 19.0. The molecule has 0 amide bonds. The van der Waals surface area contributed by atoms with Crippen LogP contribution in [0.15, 0.2) is 60.7 Å². The minimum absolute atomic E-state index is 0.0665. The zero-order valence-electron chi connectivity index (χ0n) is 20.5. The van der Waals surface area contributed by atoms with E-state index in [1.54, 1.807) is 0 Å². The van der Waals surface area contributed by atoms with E-state index in [9.17, 15) is 14.7 Å². The fraction of sp³-hybridized carbons (Fsp3) is 0.467. The maximum atomic E-state index is 12.5. The van der Waals surface area contributed by atoms with Gasteiger partial charge in [0.1, 0.15) is 5.78 Å². The number of benzene rings is 2. The first-order valence-electron chi connectivity index (χ1n) is 12.6.